The van der Waals surface area contributed by atoms with Crippen LogP contribution in [0.25, 0.3) is 5.57 Å². The first-order valence-electron chi connectivity index (χ1n) is 12.3. The summed E-state index contributed by atoms with van der Waals surface area (Å²) in [6.45, 7) is 12.2. The van der Waals surface area contributed by atoms with Gasteiger partial charge in [0.15, 0.2) is 5.78 Å². The Hall–Kier alpha value is -1.57. The molecule has 0 aromatic heterocycles. The van der Waals surface area contributed by atoms with Crippen LogP contribution in [0.2, 0.25) is 0 Å². The molecular weight excluding hydrogens is 368 g/mol. The topological polar surface area (TPSA) is 37.3 Å². The third-order valence-corrected chi connectivity index (χ3v) is 9.39. The van der Waals surface area contributed by atoms with Gasteiger partial charge in [-0.05, 0) is 89.4 Å². The lowest BCUT2D eigenvalue weighted by Gasteiger charge is -2.45. The van der Waals surface area contributed by atoms with Crippen molar-refractivity contribution in [1.82, 2.24) is 0 Å². The van der Waals surface area contributed by atoms with Gasteiger partial charge in [-0.25, -0.2) is 0 Å². The second-order valence-electron chi connectivity index (χ2n) is 11.1. The van der Waals surface area contributed by atoms with Crippen LogP contribution < -0.4 is 0 Å². The maximum Gasteiger partial charge on any atom is 0.166 e. The van der Waals surface area contributed by atoms with Crippen molar-refractivity contribution in [3.05, 3.63) is 40.6 Å². The fourth-order valence-electron chi connectivity index (χ4n) is 7.06. The van der Waals surface area contributed by atoms with Crippen LogP contribution in [0.15, 0.2) is 18.4 Å². The summed E-state index contributed by atoms with van der Waals surface area (Å²) >= 11 is 0. The molecule has 0 radical (unpaired) electrons. The van der Waals surface area contributed by atoms with Crippen molar-refractivity contribution in [3.63, 3.8) is 0 Å². The van der Waals surface area contributed by atoms with Crippen LogP contribution in [0.1, 0.15) is 101 Å². The van der Waals surface area contributed by atoms with Crippen molar-refractivity contribution in [2.75, 3.05) is 0 Å². The van der Waals surface area contributed by atoms with Crippen molar-refractivity contribution in [2.45, 2.75) is 91.9 Å². The number of Topliss-reactive ketones (excluding diaryl/α,β-unsaturated/α-hetero) is 1. The Kier molecular flexibility index (Phi) is 5.90. The Bertz CT molecular complexity index is 848. The Labute approximate surface area is 183 Å². The Morgan fingerprint density at radius 1 is 1.07 bits per heavy atom. The van der Waals surface area contributed by atoms with E-state index in [4.69, 9.17) is 0 Å². The number of hydrogen-bond donors (Lipinski definition) is 1. The van der Waals surface area contributed by atoms with Gasteiger partial charge in [-0.15, -0.1) is 0 Å². The van der Waals surface area contributed by atoms with Gasteiger partial charge in [0.1, 0.15) is 0 Å². The molecule has 0 saturated heterocycles. The van der Waals surface area contributed by atoms with Gasteiger partial charge >= 0.3 is 0 Å². The third-order valence-electron chi connectivity index (χ3n) is 9.39. The van der Waals surface area contributed by atoms with Crippen LogP contribution in [0, 0.1) is 29.1 Å². The fraction of sp³-hybridized carbons (Fsp3) is 0.679. The molecule has 2 nitrogen and oxygen atoms in total. The van der Waals surface area contributed by atoms with E-state index in [9.17, 15) is 9.90 Å². The van der Waals surface area contributed by atoms with Crippen LogP contribution in [-0.2, 0) is 17.6 Å². The van der Waals surface area contributed by atoms with Gasteiger partial charge in [0.25, 0.3) is 0 Å². The van der Waals surface area contributed by atoms with Crippen molar-refractivity contribution < 1.29 is 9.90 Å². The van der Waals surface area contributed by atoms with E-state index in [1.54, 1.807) is 5.56 Å². The summed E-state index contributed by atoms with van der Waals surface area (Å²) in [7, 11) is 0. The van der Waals surface area contributed by atoms with Crippen molar-refractivity contribution >= 4 is 11.4 Å². The summed E-state index contributed by atoms with van der Waals surface area (Å²) < 4.78 is 0. The first kappa shape index (κ1) is 21.7. The first-order chi connectivity index (χ1) is 14.3. The predicted molar refractivity (Wildman–Crippen MR) is 125 cm³/mol. The maximum atomic E-state index is 12.2. The van der Waals surface area contributed by atoms with Gasteiger partial charge in [-0.2, -0.15) is 0 Å². The molecule has 2 heteroatoms. The van der Waals surface area contributed by atoms with E-state index in [0.29, 0.717) is 23.3 Å². The SMILES string of the molecule is CC(C)[C@@H](C)CC[C@@H](C)[C@H]1CC[C@H]2c3ccc4c(c3CC[C@]12C)CCC(=O)/C4=C/O. The number of hydrogen-bond acceptors (Lipinski definition) is 2. The van der Waals surface area contributed by atoms with Gasteiger partial charge in [0, 0.05) is 6.42 Å². The lowest BCUT2D eigenvalue weighted by molar-refractivity contribution is -0.114. The molecule has 0 aliphatic heterocycles. The molecule has 0 bridgehead atoms. The number of benzene rings is 1. The average molecular weight is 409 g/mol. The van der Waals surface area contributed by atoms with Gasteiger partial charge in [-0.3, -0.25) is 4.79 Å². The molecule has 5 atom stereocenters. The van der Waals surface area contributed by atoms with Gasteiger partial charge < -0.3 is 5.11 Å². The van der Waals surface area contributed by atoms with Crippen LogP contribution in [-0.4, -0.2) is 10.9 Å². The molecule has 30 heavy (non-hydrogen) atoms. The monoisotopic (exact) mass is 408 g/mol. The molecule has 1 saturated carbocycles. The Morgan fingerprint density at radius 3 is 2.53 bits per heavy atom. The molecule has 3 aliphatic rings. The van der Waals surface area contributed by atoms with E-state index in [-0.39, 0.29) is 5.78 Å². The molecule has 1 N–H and O–H groups in total. The van der Waals surface area contributed by atoms with E-state index < -0.39 is 0 Å². The summed E-state index contributed by atoms with van der Waals surface area (Å²) in [5, 5.41) is 9.64. The highest BCUT2D eigenvalue weighted by Crippen LogP contribution is 2.61. The lowest BCUT2D eigenvalue weighted by atomic mass is 9.59. The number of carbonyl (C=O) groups is 1. The van der Waals surface area contributed by atoms with Crippen LogP contribution in [0.5, 0.6) is 0 Å². The van der Waals surface area contributed by atoms with E-state index in [0.717, 1.165) is 48.3 Å². The van der Waals surface area contributed by atoms with E-state index in [2.05, 4.69) is 46.8 Å². The number of rotatable bonds is 5. The highest BCUT2D eigenvalue weighted by Gasteiger charge is 2.51. The van der Waals surface area contributed by atoms with E-state index >= 15 is 0 Å². The molecule has 0 unspecified atom stereocenters. The van der Waals surface area contributed by atoms with E-state index in [1.807, 2.05) is 0 Å². The number of allylic oxidation sites excluding steroid dienone is 1. The molecule has 0 amide bonds. The summed E-state index contributed by atoms with van der Waals surface area (Å²) in [5.74, 6) is 3.94. The quantitative estimate of drug-likeness (QED) is 0.411. The predicted octanol–water partition coefficient (Wildman–Crippen LogP) is 7.26. The molecule has 1 aromatic carbocycles. The average Bonchev–Trinajstić information content (AvgIpc) is 3.08. The zero-order valence-corrected chi connectivity index (χ0v) is 19.6. The van der Waals surface area contributed by atoms with Crippen molar-refractivity contribution in [2.24, 2.45) is 29.1 Å². The minimum absolute atomic E-state index is 0.0796. The molecule has 1 fully saturated rings. The summed E-state index contributed by atoms with van der Waals surface area (Å²) in [4.78, 5) is 12.2. The lowest BCUT2D eigenvalue weighted by Crippen LogP contribution is -2.36. The van der Waals surface area contributed by atoms with Crippen molar-refractivity contribution in [1.29, 1.82) is 0 Å². The number of fused-ring (bicyclic) bond motifs is 5. The van der Waals surface area contributed by atoms with Crippen LogP contribution >= 0.6 is 0 Å². The summed E-state index contributed by atoms with van der Waals surface area (Å²) in [5.41, 5.74) is 6.31. The summed E-state index contributed by atoms with van der Waals surface area (Å²) in [6, 6.07) is 4.42. The zero-order valence-electron chi connectivity index (χ0n) is 19.6. The third kappa shape index (κ3) is 3.45. The zero-order chi connectivity index (χ0) is 21.6. The molecular formula is C28H40O2. The number of aliphatic hydroxyl groups excluding tert-OH is 1. The second-order valence-corrected chi connectivity index (χ2v) is 11.1. The first-order valence-corrected chi connectivity index (χ1v) is 12.3. The standard InChI is InChI=1S/C28H40O2/c1-17(2)18(3)6-7-19(4)25-11-12-26-23-9-8-21-20(10-13-27(30)24(21)16-29)22(23)14-15-28(25,26)5/h8-9,16-19,25-26,29H,6-7,10-15H2,1-5H3/b24-16+/t18-,19+,25+,26-,28+/m0/s1. The minimum Gasteiger partial charge on any atom is -0.515 e. The highest BCUT2D eigenvalue weighted by atomic mass is 16.2. The van der Waals surface area contributed by atoms with E-state index in [1.165, 1.54) is 43.2 Å². The maximum absolute atomic E-state index is 12.2. The molecule has 0 heterocycles. The van der Waals surface area contributed by atoms with Gasteiger partial charge in [0.2, 0.25) is 0 Å². The molecule has 1 aromatic rings. The Morgan fingerprint density at radius 2 is 1.83 bits per heavy atom. The molecule has 3 aliphatic carbocycles. The molecule has 0 spiro atoms. The summed E-state index contributed by atoms with van der Waals surface area (Å²) in [6.07, 6.45) is 10.2. The minimum atomic E-state index is 0.0796. The van der Waals surface area contributed by atoms with Gasteiger partial charge in [-0.1, -0.05) is 59.6 Å². The van der Waals surface area contributed by atoms with Crippen LogP contribution in [0.3, 0.4) is 0 Å². The molecule has 4 rings (SSSR count). The normalized spacial score (nSPS) is 31.4. The van der Waals surface area contributed by atoms with Gasteiger partial charge in [0.05, 0.1) is 11.8 Å². The highest BCUT2D eigenvalue weighted by molar-refractivity contribution is 6.22. The Balaban J connectivity index is 1.59. The molecule has 164 valence electrons. The largest absolute Gasteiger partial charge is 0.515 e. The number of ketones is 1. The number of carbonyl (C=O) groups excluding carboxylic acids is 1. The van der Waals surface area contributed by atoms with Crippen molar-refractivity contribution in [3.8, 4) is 0 Å². The van der Waals surface area contributed by atoms with Crippen LogP contribution in [0.4, 0.5) is 0 Å². The smallest absolute Gasteiger partial charge is 0.166 e. The number of aliphatic hydroxyl groups is 1. The second kappa shape index (κ2) is 8.17. The fourth-order valence-corrected chi connectivity index (χ4v) is 7.06.